The Hall–Kier alpha value is -1.86. The van der Waals surface area contributed by atoms with Crippen molar-refractivity contribution in [2.24, 2.45) is 5.18 Å². The molecular weight excluding hydrogens is 266 g/mol. The first-order valence-electron chi connectivity index (χ1n) is 5.44. The highest BCUT2D eigenvalue weighted by Crippen LogP contribution is 2.23. The third-order valence-electron chi connectivity index (χ3n) is 2.03. The van der Waals surface area contributed by atoms with Gasteiger partial charge in [0.05, 0.1) is 0 Å². The summed E-state index contributed by atoms with van der Waals surface area (Å²) in [6.07, 6.45) is 0. The minimum atomic E-state index is -0.734. The Labute approximate surface area is 115 Å². The summed E-state index contributed by atoms with van der Waals surface area (Å²) in [7, 11) is 3.81. The molecule has 0 aromatic heterocycles. The Morgan fingerprint density at radius 2 is 2.11 bits per heavy atom. The average Bonchev–Trinajstić information content (AvgIpc) is 2.28. The Morgan fingerprint density at radius 1 is 1.42 bits per heavy atom. The van der Waals surface area contributed by atoms with Crippen molar-refractivity contribution in [2.75, 3.05) is 19.4 Å². The highest BCUT2D eigenvalue weighted by molar-refractivity contribution is 7.97. The first kappa shape index (κ1) is 15.2. The molecule has 0 atom stereocenters. The van der Waals surface area contributed by atoms with Crippen molar-refractivity contribution in [1.82, 2.24) is 4.31 Å². The van der Waals surface area contributed by atoms with Gasteiger partial charge in [-0.25, -0.2) is 0 Å². The quantitative estimate of drug-likeness (QED) is 0.375. The molecule has 1 aromatic carbocycles. The monoisotopic (exact) mass is 281 g/mol. The molecule has 0 radical (unpaired) electrons. The second-order valence-electron chi connectivity index (χ2n) is 3.91. The fraction of sp³-hybridized carbons (Fsp3) is 0.250. The highest BCUT2D eigenvalue weighted by Gasteiger charge is 2.14. The average molecular weight is 281 g/mol. The Bertz CT molecular complexity index is 511. The van der Waals surface area contributed by atoms with Gasteiger partial charge < -0.3 is 10.4 Å². The van der Waals surface area contributed by atoms with Crippen LogP contribution < -0.4 is 5.32 Å². The van der Waals surface area contributed by atoms with E-state index in [0.29, 0.717) is 5.69 Å². The number of anilines is 1. The van der Waals surface area contributed by atoms with Gasteiger partial charge in [-0.2, -0.15) is 0 Å². The number of amides is 1. The van der Waals surface area contributed by atoms with Crippen LogP contribution in [-0.2, 0) is 4.79 Å². The zero-order valence-corrected chi connectivity index (χ0v) is 11.7. The van der Waals surface area contributed by atoms with E-state index in [2.05, 4.69) is 10.5 Å². The van der Waals surface area contributed by atoms with E-state index in [1.165, 1.54) is 18.9 Å². The molecule has 0 heterocycles. The number of hydrogen-bond donors (Lipinski definition) is 2. The molecule has 19 heavy (non-hydrogen) atoms. The summed E-state index contributed by atoms with van der Waals surface area (Å²) in [5.74, 6) is -1.15. The van der Waals surface area contributed by atoms with Gasteiger partial charge in [-0.1, -0.05) is 6.07 Å². The number of carbonyl (C=O) groups excluding carboxylic acids is 1. The molecular formula is C12H15N3O3S. The Kier molecular flexibility index (Phi) is 5.53. The van der Waals surface area contributed by atoms with Crippen LogP contribution in [0.15, 0.2) is 45.8 Å². The summed E-state index contributed by atoms with van der Waals surface area (Å²) in [6, 6.07) is 7.13. The smallest absolute Gasteiger partial charge is 0.281 e. The first-order valence-corrected chi connectivity index (χ1v) is 6.21. The molecule has 0 spiro atoms. The summed E-state index contributed by atoms with van der Waals surface area (Å²) in [5, 5.41) is 14.2. The predicted molar refractivity (Wildman–Crippen MR) is 75.7 cm³/mol. The van der Waals surface area contributed by atoms with Crippen molar-refractivity contribution in [3.63, 3.8) is 0 Å². The molecule has 0 saturated carbocycles. The molecule has 0 aliphatic heterocycles. The van der Waals surface area contributed by atoms with Gasteiger partial charge in [-0.15, -0.1) is 4.91 Å². The zero-order chi connectivity index (χ0) is 14.4. The predicted octanol–water partition coefficient (Wildman–Crippen LogP) is 2.75. The third kappa shape index (κ3) is 4.72. The summed E-state index contributed by atoms with van der Waals surface area (Å²) in [5.41, 5.74) is 0.00455. The molecule has 2 N–H and O–H groups in total. The van der Waals surface area contributed by atoms with Gasteiger partial charge >= 0.3 is 0 Å². The lowest BCUT2D eigenvalue weighted by Crippen LogP contribution is -2.14. The number of nitrogens with one attached hydrogen (secondary N) is 1. The van der Waals surface area contributed by atoms with Crippen LogP contribution in [-0.4, -0.2) is 29.4 Å². The maximum Gasteiger partial charge on any atom is 0.281 e. The summed E-state index contributed by atoms with van der Waals surface area (Å²) in [4.78, 5) is 23.1. The lowest BCUT2D eigenvalue weighted by atomic mass is 10.3. The number of aliphatic hydroxyl groups is 1. The molecule has 0 saturated heterocycles. The molecule has 0 unspecified atom stereocenters. The van der Waals surface area contributed by atoms with Crippen LogP contribution in [0.5, 0.6) is 0 Å². The van der Waals surface area contributed by atoms with E-state index < -0.39 is 17.4 Å². The molecule has 102 valence electrons. The number of benzene rings is 1. The Morgan fingerprint density at radius 3 is 2.63 bits per heavy atom. The molecule has 1 rings (SSSR count). The molecule has 7 heteroatoms. The van der Waals surface area contributed by atoms with Crippen LogP contribution in [0.4, 0.5) is 5.69 Å². The summed E-state index contributed by atoms with van der Waals surface area (Å²) >= 11 is 1.50. The fourth-order valence-electron chi connectivity index (χ4n) is 1.30. The maximum absolute atomic E-state index is 11.7. The molecule has 1 aromatic rings. The largest absolute Gasteiger partial charge is 0.510 e. The van der Waals surface area contributed by atoms with E-state index in [0.717, 1.165) is 4.90 Å². The molecule has 0 aliphatic rings. The van der Waals surface area contributed by atoms with Crippen molar-refractivity contribution in [1.29, 1.82) is 0 Å². The minimum Gasteiger partial charge on any atom is -0.510 e. The molecule has 1 amide bonds. The Balaban J connectivity index is 2.85. The topological polar surface area (TPSA) is 82.0 Å². The van der Waals surface area contributed by atoms with E-state index in [1.807, 2.05) is 24.5 Å². The number of nitroso groups, excluding NO2 is 1. The number of allylic oxidation sites excluding steroid dienone is 1. The highest BCUT2D eigenvalue weighted by atomic mass is 32.2. The number of rotatable bonds is 5. The first-order chi connectivity index (χ1) is 8.93. The van der Waals surface area contributed by atoms with E-state index in [9.17, 15) is 9.70 Å². The minimum absolute atomic E-state index is 0.411. The number of carbonyl (C=O) groups is 1. The van der Waals surface area contributed by atoms with Gasteiger partial charge in [0, 0.05) is 10.6 Å². The molecule has 6 nitrogen and oxygen atoms in total. The standard InChI is InChI=1S/C12H15N3O3S/c1-8(16)11(14-18)12(17)13-9-5-4-6-10(7-9)19-15(2)3/h4-7,16H,1-3H3,(H,13,17). The van der Waals surface area contributed by atoms with E-state index >= 15 is 0 Å². The van der Waals surface area contributed by atoms with Crippen molar-refractivity contribution >= 4 is 23.5 Å². The molecule has 0 fully saturated rings. The van der Waals surface area contributed by atoms with E-state index in [-0.39, 0.29) is 0 Å². The molecule has 0 bridgehead atoms. The van der Waals surface area contributed by atoms with Crippen LogP contribution in [0, 0.1) is 4.91 Å². The summed E-state index contributed by atoms with van der Waals surface area (Å²) < 4.78 is 1.91. The fourth-order valence-corrected chi connectivity index (χ4v) is 2.04. The maximum atomic E-state index is 11.7. The SMILES string of the molecule is CC(O)=C(N=O)C(=O)Nc1cccc(SN(C)C)c1. The van der Waals surface area contributed by atoms with Crippen molar-refractivity contribution < 1.29 is 9.90 Å². The van der Waals surface area contributed by atoms with Crippen molar-refractivity contribution in [2.45, 2.75) is 11.8 Å². The van der Waals surface area contributed by atoms with Gasteiger partial charge in [-0.05, 0) is 56.3 Å². The van der Waals surface area contributed by atoms with Gasteiger partial charge in [-0.3, -0.25) is 9.10 Å². The van der Waals surface area contributed by atoms with Gasteiger partial charge in [0.2, 0.25) is 5.70 Å². The van der Waals surface area contributed by atoms with Crippen LogP contribution in [0.25, 0.3) is 0 Å². The van der Waals surface area contributed by atoms with Gasteiger partial charge in [0.15, 0.2) is 0 Å². The third-order valence-corrected chi connectivity index (χ3v) is 2.86. The molecule has 0 aliphatic carbocycles. The zero-order valence-electron chi connectivity index (χ0n) is 10.9. The van der Waals surface area contributed by atoms with Crippen molar-refractivity contribution in [3.05, 3.63) is 40.6 Å². The van der Waals surface area contributed by atoms with Crippen LogP contribution in [0.2, 0.25) is 0 Å². The normalized spacial score (nSPS) is 12.0. The van der Waals surface area contributed by atoms with E-state index in [4.69, 9.17) is 5.11 Å². The number of hydrogen-bond acceptors (Lipinski definition) is 6. The van der Waals surface area contributed by atoms with Crippen LogP contribution in [0.1, 0.15) is 6.92 Å². The number of aliphatic hydroxyl groups excluding tert-OH is 1. The van der Waals surface area contributed by atoms with Crippen LogP contribution in [0.3, 0.4) is 0 Å². The lowest BCUT2D eigenvalue weighted by Gasteiger charge is -2.10. The van der Waals surface area contributed by atoms with Gasteiger partial charge in [0.1, 0.15) is 5.76 Å². The lowest BCUT2D eigenvalue weighted by molar-refractivity contribution is -0.113. The second-order valence-corrected chi connectivity index (χ2v) is 5.30. The van der Waals surface area contributed by atoms with Gasteiger partial charge in [0.25, 0.3) is 5.91 Å². The summed E-state index contributed by atoms with van der Waals surface area (Å²) in [6.45, 7) is 1.23. The van der Waals surface area contributed by atoms with E-state index in [1.54, 1.807) is 18.2 Å². The van der Waals surface area contributed by atoms with Crippen LogP contribution >= 0.6 is 11.9 Å². The number of nitrogens with zero attached hydrogens (tertiary/aromatic N) is 2. The second kappa shape index (κ2) is 6.91. The van der Waals surface area contributed by atoms with Crippen molar-refractivity contribution in [3.8, 4) is 0 Å².